The van der Waals surface area contributed by atoms with E-state index in [0.29, 0.717) is 0 Å². The van der Waals surface area contributed by atoms with Crippen molar-refractivity contribution in [2.75, 3.05) is 45.9 Å². The maximum absolute atomic E-state index is 8.95. The van der Waals surface area contributed by atoms with Crippen LogP contribution in [0.4, 0.5) is 0 Å². The minimum Gasteiger partial charge on any atom is -0.395 e. The molecule has 1 aromatic heterocycles. The second-order valence-electron chi connectivity index (χ2n) is 4.64. The summed E-state index contributed by atoms with van der Waals surface area (Å²) >= 11 is 1.78. The molecule has 0 spiro atoms. The van der Waals surface area contributed by atoms with E-state index >= 15 is 0 Å². The lowest BCUT2D eigenvalue weighted by Gasteiger charge is -2.20. The second kappa shape index (κ2) is 7.11. The van der Waals surface area contributed by atoms with Gasteiger partial charge >= 0.3 is 0 Å². The summed E-state index contributed by atoms with van der Waals surface area (Å²) in [5.41, 5.74) is 1.46. The highest BCUT2D eigenvalue weighted by molar-refractivity contribution is 7.07. The van der Waals surface area contributed by atoms with Crippen LogP contribution in [0, 0.1) is 0 Å². The molecule has 0 saturated carbocycles. The molecule has 0 aliphatic carbocycles. The first-order valence-electron chi connectivity index (χ1n) is 6.45. The molecule has 3 nitrogen and oxygen atoms in total. The summed E-state index contributed by atoms with van der Waals surface area (Å²) in [6.07, 6.45) is 2.40. The summed E-state index contributed by atoms with van der Waals surface area (Å²) in [6, 6.07) is 2.22. The third-order valence-corrected chi connectivity index (χ3v) is 4.13. The molecule has 0 aromatic carbocycles. The summed E-state index contributed by atoms with van der Waals surface area (Å²) in [6.45, 7) is 6.87. The van der Waals surface area contributed by atoms with Crippen molar-refractivity contribution < 1.29 is 5.11 Å². The summed E-state index contributed by atoms with van der Waals surface area (Å²) < 4.78 is 0. The average molecular weight is 254 g/mol. The van der Waals surface area contributed by atoms with Crippen LogP contribution >= 0.6 is 11.3 Å². The molecule has 4 heteroatoms. The van der Waals surface area contributed by atoms with E-state index in [0.717, 1.165) is 26.2 Å². The Balaban J connectivity index is 1.71. The average Bonchev–Trinajstić information content (AvgIpc) is 2.75. The Hall–Kier alpha value is -0.420. The molecule has 1 fully saturated rings. The molecular weight excluding hydrogens is 232 g/mol. The number of aliphatic hydroxyl groups excluding tert-OH is 1. The number of nitrogens with zero attached hydrogens (tertiary/aromatic N) is 2. The molecular formula is C13H22N2OS. The number of rotatable bonds is 5. The van der Waals surface area contributed by atoms with Gasteiger partial charge in [-0.1, -0.05) is 0 Å². The minimum atomic E-state index is 0.287. The summed E-state index contributed by atoms with van der Waals surface area (Å²) in [7, 11) is 0. The largest absolute Gasteiger partial charge is 0.395 e. The lowest BCUT2D eigenvalue weighted by molar-refractivity contribution is 0.197. The van der Waals surface area contributed by atoms with Crippen LogP contribution in [-0.4, -0.2) is 60.8 Å². The molecule has 0 bridgehead atoms. The Labute approximate surface area is 108 Å². The number of thiophene rings is 1. The van der Waals surface area contributed by atoms with Crippen molar-refractivity contribution in [1.82, 2.24) is 9.80 Å². The Kier molecular flexibility index (Phi) is 5.45. The first kappa shape index (κ1) is 13.0. The standard InChI is InChI=1S/C13H22N2OS/c16-10-9-15-5-1-4-14(7-8-15)6-2-13-3-11-17-12-13/h3,11-12,16H,1-2,4-10H2. The molecule has 0 atom stereocenters. The van der Waals surface area contributed by atoms with Crippen molar-refractivity contribution in [1.29, 1.82) is 0 Å². The zero-order valence-corrected chi connectivity index (χ0v) is 11.2. The third kappa shape index (κ3) is 4.39. The number of β-amino-alcohol motifs (C(OH)–C–C–N with tert-alkyl or cyclic N) is 1. The van der Waals surface area contributed by atoms with Crippen molar-refractivity contribution in [3.8, 4) is 0 Å². The Morgan fingerprint density at radius 2 is 1.88 bits per heavy atom. The van der Waals surface area contributed by atoms with Gasteiger partial charge in [-0.15, -0.1) is 0 Å². The van der Waals surface area contributed by atoms with E-state index in [2.05, 4.69) is 26.6 Å². The molecule has 96 valence electrons. The molecule has 2 rings (SSSR count). The maximum atomic E-state index is 8.95. The molecule has 1 N–H and O–H groups in total. The molecule has 1 aliphatic heterocycles. The molecule has 0 unspecified atom stereocenters. The van der Waals surface area contributed by atoms with Gasteiger partial charge in [-0.25, -0.2) is 0 Å². The predicted octanol–water partition coefficient (Wildman–Crippen LogP) is 1.29. The Morgan fingerprint density at radius 1 is 1.12 bits per heavy atom. The van der Waals surface area contributed by atoms with E-state index in [1.54, 1.807) is 11.3 Å². The zero-order valence-electron chi connectivity index (χ0n) is 10.3. The van der Waals surface area contributed by atoms with Crippen molar-refractivity contribution in [2.24, 2.45) is 0 Å². The number of hydrogen-bond acceptors (Lipinski definition) is 4. The lowest BCUT2D eigenvalue weighted by Crippen LogP contribution is -2.33. The zero-order chi connectivity index (χ0) is 11.9. The van der Waals surface area contributed by atoms with Crippen LogP contribution in [0.3, 0.4) is 0 Å². The molecule has 0 amide bonds. The van der Waals surface area contributed by atoms with Crippen LogP contribution in [0.5, 0.6) is 0 Å². The van der Waals surface area contributed by atoms with Gasteiger partial charge in [-0.05, 0) is 48.3 Å². The van der Waals surface area contributed by atoms with E-state index in [1.807, 2.05) is 0 Å². The van der Waals surface area contributed by atoms with Crippen LogP contribution in [-0.2, 0) is 6.42 Å². The lowest BCUT2D eigenvalue weighted by atomic mass is 10.2. The Morgan fingerprint density at radius 3 is 2.53 bits per heavy atom. The van der Waals surface area contributed by atoms with E-state index in [-0.39, 0.29) is 6.61 Å². The van der Waals surface area contributed by atoms with Gasteiger partial charge in [0.1, 0.15) is 0 Å². The van der Waals surface area contributed by atoms with Gasteiger partial charge in [0.05, 0.1) is 6.61 Å². The van der Waals surface area contributed by atoms with Crippen molar-refractivity contribution in [2.45, 2.75) is 12.8 Å². The van der Waals surface area contributed by atoms with Gasteiger partial charge in [0.25, 0.3) is 0 Å². The van der Waals surface area contributed by atoms with E-state index in [4.69, 9.17) is 5.11 Å². The minimum absolute atomic E-state index is 0.287. The highest BCUT2D eigenvalue weighted by Crippen LogP contribution is 2.09. The summed E-state index contributed by atoms with van der Waals surface area (Å²) in [5, 5.41) is 13.3. The van der Waals surface area contributed by atoms with E-state index < -0.39 is 0 Å². The number of aliphatic hydroxyl groups is 1. The smallest absolute Gasteiger partial charge is 0.0558 e. The van der Waals surface area contributed by atoms with Gasteiger partial charge in [0.2, 0.25) is 0 Å². The third-order valence-electron chi connectivity index (χ3n) is 3.39. The highest BCUT2D eigenvalue weighted by atomic mass is 32.1. The van der Waals surface area contributed by atoms with Gasteiger partial charge in [-0.3, -0.25) is 4.90 Å². The monoisotopic (exact) mass is 254 g/mol. The maximum Gasteiger partial charge on any atom is 0.0558 e. The fraction of sp³-hybridized carbons (Fsp3) is 0.692. The number of hydrogen-bond donors (Lipinski definition) is 1. The normalized spacial score (nSPS) is 19.4. The summed E-state index contributed by atoms with van der Waals surface area (Å²) in [5.74, 6) is 0. The molecule has 1 saturated heterocycles. The molecule has 2 heterocycles. The van der Waals surface area contributed by atoms with Crippen LogP contribution < -0.4 is 0 Å². The molecule has 1 aromatic rings. The molecule has 1 aliphatic rings. The SMILES string of the molecule is OCCN1CCCN(CCc2ccsc2)CC1. The van der Waals surface area contributed by atoms with Crippen LogP contribution in [0.25, 0.3) is 0 Å². The van der Waals surface area contributed by atoms with Crippen LogP contribution in [0.2, 0.25) is 0 Å². The predicted molar refractivity (Wildman–Crippen MR) is 72.6 cm³/mol. The second-order valence-corrected chi connectivity index (χ2v) is 5.42. The fourth-order valence-corrected chi connectivity index (χ4v) is 3.04. The quantitative estimate of drug-likeness (QED) is 0.858. The Bertz CT molecular complexity index is 302. The first-order chi connectivity index (χ1) is 8.38. The van der Waals surface area contributed by atoms with Crippen LogP contribution in [0.1, 0.15) is 12.0 Å². The van der Waals surface area contributed by atoms with Crippen molar-refractivity contribution in [3.63, 3.8) is 0 Å². The van der Waals surface area contributed by atoms with Gasteiger partial charge in [-0.2, -0.15) is 11.3 Å². The van der Waals surface area contributed by atoms with Crippen LogP contribution in [0.15, 0.2) is 16.8 Å². The van der Waals surface area contributed by atoms with Gasteiger partial charge in [0, 0.05) is 26.2 Å². The topological polar surface area (TPSA) is 26.7 Å². The fourth-order valence-electron chi connectivity index (χ4n) is 2.34. The molecule has 17 heavy (non-hydrogen) atoms. The van der Waals surface area contributed by atoms with E-state index in [9.17, 15) is 0 Å². The van der Waals surface area contributed by atoms with Crippen molar-refractivity contribution in [3.05, 3.63) is 22.4 Å². The van der Waals surface area contributed by atoms with E-state index in [1.165, 1.54) is 31.5 Å². The van der Waals surface area contributed by atoms with Crippen molar-refractivity contribution >= 4 is 11.3 Å². The van der Waals surface area contributed by atoms with Gasteiger partial charge in [0.15, 0.2) is 0 Å². The molecule has 0 radical (unpaired) electrons. The first-order valence-corrected chi connectivity index (χ1v) is 7.39. The highest BCUT2D eigenvalue weighted by Gasteiger charge is 2.13. The van der Waals surface area contributed by atoms with Gasteiger partial charge < -0.3 is 10.0 Å². The summed E-state index contributed by atoms with van der Waals surface area (Å²) in [4.78, 5) is 4.92.